The molecule has 1 unspecified atom stereocenters. The normalized spacial score (nSPS) is 29.2. The molecular formula is C23H29FN2O2. The van der Waals surface area contributed by atoms with E-state index in [1.54, 1.807) is 13.2 Å². The van der Waals surface area contributed by atoms with E-state index < -0.39 is 0 Å². The van der Waals surface area contributed by atoms with Crippen LogP contribution in [0, 0.1) is 17.7 Å². The van der Waals surface area contributed by atoms with Gasteiger partial charge < -0.3 is 14.5 Å². The molecule has 0 spiro atoms. The van der Waals surface area contributed by atoms with Gasteiger partial charge in [-0.25, -0.2) is 4.39 Å². The number of carbonyl (C=O) groups is 1. The summed E-state index contributed by atoms with van der Waals surface area (Å²) in [6.07, 6.45) is 10.2. The molecule has 2 aliphatic carbocycles. The van der Waals surface area contributed by atoms with Gasteiger partial charge in [0.1, 0.15) is 12.0 Å². The number of methoxy groups -OCH3 is 1. The van der Waals surface area contributed by atoms with Gasteiger partial charge in [0.25, 0.3) is 0 Å². The maximum absolute atomic E-state index is 15.5. The number of anilines is 2. The number of hydrogen-bond acceptors (Lipinski definition) is 4. The Kier molecular flexibility index (Phi) is 4.37. The first kappa shape index (κ1) is 18.0. The lowest BCUT2D eigenvalue weighted by molar-refractivity contribution is -0.105. The average Bonchev–Trinajstić information content (AvgIpc) is 3.46. The predicted molar refractivity (Wildman–Crippen MR) is 109 cm³/mol. The van der Waals surface area contributed by atoms with Gasteiger partial charge in [0, 0.05) is 36.8 Å². The Morgan fingerprint density at radius 1 is 1.11 bits per heavy atom. The summed E-state index contributed by atoms with van der Waals surface area (Å²) in [4.78, 5) is 16.0. The second-order valence-corrected chi connectivity index (χ2v) is 8.99. The van der Waals surface area contributed by atoms with Crippen LogP contribution in [0.1, 0.15) is 56.9 Å². The summed E-state index contributed by atoms with van der Waals surface area (Å²) in [5, 5.41) is 0. The highest BCUT2D eigenvalue weighted by atomic mass is 19.1. The molecule has 2 heterocycles. The van der Waals surface area contributed by atoms with E-state index in [2.05, 4.69) is 9.80 Å². The molecule has 1 aromatic rings. The number of fused-ring (bicyclic) bond motifs is 2. The van der Waals surface area contributed by atoms with Gasteiger partial charge in [-0.15, -0.1) is 0 Å². The summed E-state index contributed by atoms with van der Waals surface area (Å²) in [6, 6.07) is 2.04. The third-order valence-electron chi connectivity index (χ3n) is 7.30. The highest BCUT2D eigenvalue weighted by Crippen LogP contribution is 2.53. The van der Waals surface area contributed by atoms with Crippen LogP contribution in [0.3, 0.4) is 0 Å². The molecule has 4 nitrogen and oxygen atoms in total. The maximum Gasteiger partial charge on any atom is 0.169 e. The molecule has 4 aliphatic rings. The Morgan fingerprint density at radius 3 is 2.36 bits per heavy atom. The molecule has 0 aromatic heterocycles. The number of halogens is 1. The van der Waals surface area contributed by atoms with Crippen molar-refractivity contribution in [2.75, 3.05) is 30.0 Å². The van der Waals surface area contributed by atoms with Crippen molar-refractivity contribution in [1.82, 2.24) is 0 Å². The molecule has 3 atom stereocenters. The largest absolute Gasteiger partial charge is 0.492 e. The van der Waals surface area contributed by atoms with Crippen LogP contribution >= 0.6 is 0 Å². The van der Waals surface area contributed by atoms with Crippen molar-refractivity contribution >= 4 is 17.7 Å². The van der Waals surface area contributed by atoms with E-state index in [4.69, 9.17) is 4.74 Å². The fourth-order valence-corrected chi connectivity index (χ4v) is 5.59. The summed E-state index contributed by atoms with van der Waals surface area (Å²) < 4.78 is 21.3. The standard InChI is InChI=1S/C23H29FN2O2/c1-14-17(13-27)12-26(18-7-8-18)21-19(14)9-20(24)22(23(21)28-2)25-10-15-5-3-4-6-16(15)11-25/h9,12-16,18H,3-8,10-11H2,1-2H3/t14?,15-,16+. The van der Waals surface area contributed by atoms with Crippen LogP contribution in [0.2, 0.25) is 0 Å². The molecule has 0 amide bonds. The molecule has 28 heavy (non-hydrogen) atoms. The molecule has 0 radical (unpaired) electrons. The number of hydrogen-bond donors (Lipinski definition) is 0. The van der Waals surface area contributed by atoms with Gasteiger partial charge in [0.05, 0.1) is 12.8 Å². The van der Waals surface area contributed by atoms with Crippen LogP contribution in [0.15, 0.2) is 17.8 Å². The van der Waals surface area contributed by atoms with Crippen LogP contribution in [-0.4, -0.2) is 32.5 Å². The molecule has 1 saturated heterocycles. The SMILES string of the molecule is COc1c(N2C[C@H]3CCCC[C@H]3C2)c(F)cc2c1N(C1CC1)C=C(C=O)C2C. The monoisotopic (exact) mass is 384 g/mol. The van der Waals surface area contributed by atoms with Crippen LogP contribution in [0.5, 0.6) is 5.75 Å². The third kappa shape index (κ3) is 2.73. The van der Waals surface area contributed by atoms with Crippen molar-refractivity contribution in [2.24, 2.45) is 11.8 Å². The molecule has 5 heteroatoms. The van der Waals surface area contributed by atoms with Crippen molar-refractivity contribution in [1.29, 1.82) is 0 Å². The minimum Gasteiger partial charge on any atom is -0.492 e. The van der Waals surface area contributed by atoms with Crippen molar-refractivity contribution in [3.8, 4) is 5.75 Å². The highest BCUT2D eigenvalue weighted by molar-refractivity contribution is 5.86. The molecule has 5 rings (SSSR count). The van der Waals surface area contributed by atoms with E-state index >= 15 is 4.39 Å². The fourth-order valence-electron chi connectivity index (χ4n) is 5.59. The quantitative estimate of drug-likeness (QED) is 0.709. The number of rotatable bonds is 4. The smallest absolute Gasteiger partial charge is 0.169 e. The van der Waals surface area contributed by atoms with Crippen LogP contribution in [0.25, 0.3) is 0 Å². The van der Waals surface area contributed by atoms with Crippen molar-refractivity contribution in [2.45, 2.75) is 57.4 Å². The summed E-state index contributed by atoms with van der Waals surface area (Å²) in [5.41, 5.74) is 3.16. The van der Waals surface area contributed by atoms with E-state index in [-0.39, 0.29) is 11.7 Å². The Bertz CT molecular complexity index is 818. The van der Waals surface area contributed by atoms with E-state index in [9.17, 15) is 4.79 Å². The Labute approximate surface area is 166 Å². The van der Waals surface area contributed by atoms with Gasteiger partial charge in [-0.1, -0.05) is 19.8 Å². The van der Waals surface area contributed by atoms with Crippen molar-refractivity contribution < 1.29 is 13.9 Å². The first-order chi connectivity index (χ1) is 13.6. The fraction of sp³-hybridized carbons (Fsp3) is 0.609. The van der Waals surface area contributed by atoms with Gasteiger partial charge in [-0.2, -0.15) is 0 Å². The summed E-state index contributed by atoms with van der Waals surface area (Å²) in [6.45, 7) is 3.82. The van der Waals surface area contributed by atoms with Gasteiger partial charge >= 0.3 is 0 Å². The minimum atomic E-state index is -0.219. The maximum atomic E-state index is 15.5. The summed E-state index contributed by atoms with van der Waals surface area (Å²) in [7, 11) is 1.65. The lowest BCUT2D eigenvalue weighted by atomic mass is 9.82. The lowest BCUT2D eigenvalue weighted by Crippen LogP contribution is -2.29. The molecule has 2 saturated carbocycles. The third-order valence-corrected chi connectivity index (χ3v) is 7.30. The lowest BCUT2D eigenvalue weighted by Gasteiger charge is -2.35. The Hall–Kier alpha value is -2.04. The zero-order valence-corrected chi connectivity index (χ0v) is 16.8. The number of benzene rings is 1. The second kappa shape index (κ2) is 6.78. The molecule has 150 valence electrons. The molecule has 1 aromatic carbocycles. The molecule has 3 fully saturated rings. The van der Waals surface area contributed by atoms with Gasteiger partial charge in [-0.05, 0) is 49.1 Å². The second-order valence-electron chi connectivity index (χ2n) is 8.99. The average molecular weight is 384 g/mol. The van der Waals surface area contributed by atoms with Crippen molar-refractivity contribution in [3.05, 3.63) is 29.2 Å². The first-order valence-corrected chi connectivity index (χ1v) is 10.7. The van der Waals surface area contributed by atoms with E-state index in [1.165, 1.54) is 25.7 Å². The van der Waals surface area contributed by atoms with E-state index in [0.29, 0.717) is 34.9 Å². The summed E-state index contributed by atoms with van der Waals surface area (Å²) in [5.74, 6) is 1.65. The van der Waals surface area contributed by atoms with Crippen molar-refractivity contribution in [3.63, 3.8) is 0 Å². The van der Waals surface area contributed by atoms with Crippen LogP contribution in [-0.2, 0) is 4.79 Å². The molecule has 0 N–H and O–H groups in total. The van der Waals surface area contributed by atoms with Crippen LogP contribution in [0.4, 0.5) is 15.8 Å². The van der Waals surface area contributed by atoms with Gasteiger partial charge in [-0.3, -0.25) is 4.79 Å². The molecule has 0 bridgehead atoms. The topological polar surface area (TPSA) is 32.8 Å². The first-order valence-electron chi connectivity index (χ1n) is 10.7. The Morgan fingerprint density at radius 2 is 1.79 bits per heavy atom. The van der Waals surface area contributed by atoms with Gasteiger partial charge in [0.15, 0.2) is 11.6 Å². The van der Waals surface area contributed by atoms with Gasteiger partial charge in [0.2, 0.25) is 0 Å². The highest BCUT2D eigenvalue weighted by Gasteiger charge is 2.41. The molecule has 2 aliphatic heterocycles. The number of ether oxygens (including phenoxy) is 1. The predicted octanol–water partition coefficient (Wildman–Crippen LogP) is 4.63. The molecular weight excluding hydrogens is 355 g/mol. The Balaban J connectivity index is 1.61. The summed E-state index contributed by atoms with van der Waals surface area (Å²) >= 11 is 0. The zero-order chi connectivity index (χ0) is 19.4. The number of nitrogens with zero attached hydrogens (tertiary/aromatic N) is 2. The van der Waals surface area contributed by atoms with Crippen LogP contribution < -0.4 is 14.5 Å². The number of carbonyl (C=O) groups excluding carboxylic acids is 1. The zero-order valence-electron chi connectivity index (χ0n) is 16.8. The number of aldehydes is 1. The van der Waals surface area contributed by atoms with E-state index in [0.717, 1.165) is 43.5 Å². The minimum absolute atomic E-state index is 0.124. The number of allylic oxidation sites excluding steroid dienone is 1. The van der Waals surface area contributed by atoms with E-state index in [1.807, 2.05) is 13.1 Å².